The minimum absolute atomic E-state index is 0.000431. The molecule has 0 aliphatic carbocycles. The van der Waals surface area contributed by atoms with E-state index in [0.29, 0.717) is 26.1 Å². The van der Waals surface area contributed by atoms with Gasteiger partial charge in [-0.1, -0.05) is 84.9 Å². The van der Waals surface area contributed by atoms with Gasteiger partial charge >= 0.3 is 5.97 Å². The van der Waals surface area contributed by atoms with Gasteiger partial charge in [-0.15, -0.1) is 0 Å². The number of ether oxygens (including phenoxy) is 11. The van der Waals surface area contributed by atoms with Crippen LogP contribution in [0, 0.1) is 35.5 Å². The minimum Gasteiger partial charge on any atom is -0.497 e. The Morgan fingerprint density at radius 3 is 2.24 bits per heavy atom. The van der Waals surface area contributed by atoms with Crippen LogP contribution in [0.25, 0.3) is 0 Å². The first-order chi connectivity index (χ1) is 31.5. The Bertz CT molecular complexity index is 1930. The van der Waals surface area contributed by atoms with Crippen LogP contribution in [0.3, 0.4) is 0 Å². The molecular weight excluding hydrogens is 841 g/mol. The molecular formula is C54H80O12. The normalized spacial score (nSPS) is 41.6. The SMILES string of the molecule is CCc1ccc(CO[C@H]2C[C@]3(CC[C@@](C)([C@H]4CC[C@@](CC)([C@@H]5O[C@@H]([C@H]6O[C@@]7(COC(c8ccc(OC)cc8)O7)[C@H](C)C[C@@H]6C)C[C@@H]5C)O4)O3)O[C@H]([C@@H](C)[C@@H](OC)[C@H](C)C(=O)OC)[C@@H]2C)cc1. The van der Waals surface area contributed by atoms with Gasteiger partial charge in [-0.2, -0.15) is 0 Å². The summed E-state index contributed by atoms with van der Waals surface area (Å²) in [6.45, 7) is 20.5. The zero-order chi connectivity index (χ0) is 47.2. The molecule has 66 heavy (non-hydrogen) atoms. The van der Waals surface area contributed by atoms with Crippen LogP contribution in [0.15, 0.2) is 48.5 Å². The molecule has 0 amide bonds. The Balaban J connectivity index is 0.966. The number of esters is 1. The first-order valence-electron chi connectivity index (χ1n) is 25.2. The average molecular weight is 921 g/mol. The fraction of sp³-hybridized carbons (Fsp3) is 0.759. The number of hydrogen-bond acceptors (Lipinski definition) is 12. The Morgan fingerprint density at radius 2 is 1.58 bits per heavy atom. The minimum atomic E-state index is -0.896. The molecule has 0 radical (unpaired) electrons. The third-order valence-corrected chi connectivity index (χ3v) is 17.0. The van der Waals surface area contributed by atoms with Crippen LogP contribution in [0.2, 0.25) is 0 Å². The van der Waals surface area contributed by atoms with E-state index in [9.17, 15) is 4.79 Å². The molecule has 6 aliphatic rings. The topological polar surface area (TPSA) is 119 Å². The number of carbonyl (C=O) groups is 1. The molecule has 0 aromatic heterocycles. The van der Waals surface area contributed by atoms with Gasteiger partial charge in [0.15, 0.2) is 17.9 Å². The summed E-state index contributed by atoms with van der Waals surface area (Å²) in [7, 11) is 4.75. The number of benzene rings is 2. The zero-order valence-corrected chi connectivity index (χ0v) is 41.9. The van der Waals surface area contributed by atoms with E-state index in [1.165, 1.54) is 12.7 Å². The van der Waals surface area contributed by atoms with Gasteiger partial charge in [0.25, 0.3) is 0 Å². The summed E-state index contributed by atoms with van der Waals surface area (Å²) in [5.41, 5.74) is 2.31. The summed E-state index contributed by atoms with van der Waals surface area (Å²) in [6.07, 6.45) is 5.57. The molecule has 0 bridgehead atoms. The largest absolute Gasteiger partial charge is 0.497 e. The highest BCUT2D eigenvalue weighted by atomic mass is 16.8. The number of aryl methyl sites for hydroxylation is 1. The highest BCUT2D eigenvalue weighted by Crippen LogP contribution is 2.56. The number of carbonyl (C=O) groups excluding carboxylic acids is 1. The Morgan fingerprint density at radius 1 is 0.848 bits per heavy atom. The number of methoxy groups -OCH3 is 3. The van der Waals surface area contributed by atoms with Gasteiger partial charge in [0.1, 0.15) is 12.4 Å². The van der Waals surface area contributed by atoms with Crippen molar-refractivity contribution < 1.29 is 56.9 Å². The van der Waals surface area contributed by atoms with E-state index in [2.05, 4.69) is 79.7 Å². The molecule has 0 N–H and O–H groups in total. The summed E-state index contributed by atoms with van der Waals surface area (Å²) in [5.74, 6) is -1.21. The second kappa shape index (κ2) is 20.0. The van der Waals surface area contributed by atoms with E-state index in [4.69, 9.17) is 52.1 Å². The van der Waals surface area contributed by atoms with E-state index in [0.717, 1.165) is 61.8 Å². The van der Waals surface area contributed by atoms with Crippen molar-refractivity contribution >= 4 is 5.97 Å². The summed E-state index contributed by atoms with van der Waals surface area (Å²) in [4.78, 5) is 12.8. The Labute approximate surface area is 394 Å². The van der Waals surface area contributed by atoms with Crippen LogP contribution in [0.5, 0.6) is 5.75 Å². The maximum absolute atomic E-state index is 12.8. The molecule has 18 atom stereocenters. The molecule has 6 saturated heterocycles. The van der Waals surface area contributed by atoms with Crippen molar-refractivity contribution in [2.45, 2.75) is 199 Å². The molecule has 368 valence electrons. The van der Waals surface area contributed by atoms with Crippen molar-refractivity contribution in [2.75, 3.05) is 27.9 Å². The lowest BCUT2D eigenvalue weighted by atomic mass is 9.78. The van der Waals surface area contributed by atoms with Crippen molar-refractivity contribution in [1.29, 1.82) is 0 Å². The van der Waals surface area contributed by atoms with Crippen LogP contribution >= 0.6 is 0 Å². The van der Waals surface area contributed by atoms with E-state index in [-0.39, 0.29) is 72.2 Å². The molecule has 6 heterocycles. The molecule has 1 unspecified atom stereocenters. The van der Waals surface area contributed by atoms with Crippen molar-refractivity contribution in [2.24, 2.45) is 35.5 Å². The van der Waals surface area contributed by atoms with Gasteiger partial charge in [-0.05, 0) is 93.9 Å². The summed E-state index contributed by atoms with van der Waals surface area (Å²) in [6, 6.07) is 16.5. The molecule has 6 fully saturated rings. The number of rotatable bonds is 15. The van der Waals surface area contributed by atoms with E-state index in [1.54, 1.807) is 14.2 Å². The Kier molecular flexibility index (Phi) is 15.1. The molecule has 12 heteroatoms. The molecule has 2 spiro atoms. The van der Waals surface area contributed by atoms with Crippen LogP contribution in [0.4, 0.5) is 0 Å². The zero-order valence-electron chi connectivity index (χ0n) is 41.9. The quantitative estimate of drug-likeness (QED) is 0.158. The lowest BCUT2D eigenvalue weighted by molar-refractivity contribution is -0.339. The first-order valence-corrected chi connectivity index (χ1v) is 25.2. The van der Waals surface area contributed by atoms with Crippen LogP contribution in [0.1, 0.15) is 137 Å². The lowest BCUT2D eigenvalue weighted by Gasteiger charge is -2.50. The predicted molar refractivity (Wildman–Crippen MR) is 249 cm³/mol. The maximum atomic E-state index is 12.8. The van der Waals surface area contributed by atoms with Gasteiger partial charge in [0.2, 0.25) is 0 Å². The molecule has 0 saturated carbocycles. The third kappa shape index (κ3) is 9.50. The fourth-order valence-corrected chi connectivity index (χ4v) is 12.8. The maximum Gasteiger partial charge on any atom is 0.311 e. The van der Waals surface area contributed by atoms with Crippen molar-refractivity contribution in [3.8, 4) is 5.75 Å². The van der Waals surface area contributed by atoms with Crippen LogP contribution in [-0.4, -0.2) is 99.4 Å². The lowest BCUT2D eigenvalue weighted by Crippen LogP contribution is -2.57. The Hall–Kier alpha value is -2.65. The first kappa shape index (κ1) is 49.8. The summed E-state index contributed by atoms with van der Waals surface area (Å²) < 4.78 is 72.8. The van der Waals surface area contributed by atoms with Crippen LogP contribution < -0.4 is 4.74 Å². The predicted octanol–water partition coefficient (Wildman–Crippen LogP) is 9.92. The molecule has 2 aromatic carbocycles. The van der Waals surface area contributed by atoms with Gasteiger partial charge in [0, 0.05) is 43.3 Å². The van der Waals surface area contributed by atoms with Crippen LogP contribution in [-0.2, 0) is 65.2 Å². The third-order valence-electron chi connectivity index (χ3n) is 17.0. The average Bonchev–Trinajstić information content (AvgIpc) is 4.13. The second-order valence-electron chi connectivity index (χ2n) is 21.3. The van der Waals surface area contributed by atoms with Gasteiger partial charge in [0.05, 0.1) is 80.7 Å². The van der Waals surface area contributed by atoms with Gasteiger partial charge < -0.3 is 52.1 Å². The van der Waals surface area contributed by atoms with Crippen molar-refractivity contribution in [3.63, 3.8) is 0 Å². The summed E-state index contributed by atoms with van der Waals surface area (Å²) in [5, 5.41) is 0. The highest BCUT2D eigenvalue weighted by molar-refractivity contribution is 5.72. The second-order valence-corrected chi connectivity index (χ2v) is 21.3. The smallest absolute Gasteiger partial charge is 0.311 e. The fourth-order valence-electron chi connectivity index (χ4n) is 12.8. The molecule has 8 rings (SSSR count). The standard InChI is InChI=1S/C54H80O12/c1-13-38-15-17-39(18-16-38)30-59-43-29-53(63-47(35(43)6)36(7)46(57-11)37(8)49(55)58-12)26-25-51(9,66-53)44-23-24-52(14-2,62-44)48-33(4)28-42(61-48)45-32(3)27-34(5)54(64-45)31-60-50(65-54)40-19-21-41(56-10)22-20-40/h15-22,32-37,42-48,50H,13-14,23-31H2,1-12H3/t32-,33-,34+,35+,36-,37-,42+,43-,44+,45-,46+,47-,48+,50?,51-,52-,53+,54+/m0/s1. The monoisotopic (exact) mass is 921 g/mol. The molecule has 6 aliphatic heterocycles. The highest BCUT2D eigenvalue weighted by Gasteiger charge is 2.63. The van der Waals surface area contributed by atoms with Crippen molar-refractivity contribution in [3.05, 3.63) is 65.2 Å². The van der Waals surface area contributed by atoms with E-state index < -0.39 is 41.1 Å². The number of hydrogen-bond donors (Lipinski definition) is 0. The van der Waals surface area contributed by atoms with Crippen molar-refractivity contribution in [1.82, 2.24) is 0 Å². The van der Waals surface area contributed by atoms with Gasteiger partial charge in [-0.3, -0.25) is 4.79 Å². The summed E-state index contributed by atoms with van der Waals surface area (Å²) >= 11 is 0. The van der Waals surface area contributed by atoms with E-state index in [1.807, 2.05) is 31.2 Å². The van der Waals surface area contributed by atoms with E-state index >= 15 is 0 Å². The molecule has 2 aromatic rings. The molecule has 12 nitrogen and oxygen atoms in total. The van der Waals surface area contributed by atoms with Gasteiger partial charge in [-0.25, -0.2) is 0 Å².